The van der Waals surface area contributed by atoms with Gasteiger partial charge in [0, 0.05) is 24.2 Å². The number of sulfonamides is 1. The van der Waals surface area contributed by atoms with Crippen LogP contribution in [0.3, 0.4) is 0 Å². The minimum Gasteiger partial charge on any atom is -0.495 e. The van der Waals surface area contributed by atoms with Crippen LogP contribution in [-0.2, 0) is 10.0 Å². The summed E-state index contributed by atoms with van der Waals surface area (Å²) < 4.78 is 38.0. The van der Waals surface area contributed by atoms with E-state index in [1.807, 2.05) is 6.07 Å². The van der Waals surface area contributed by atoms with Gasteiger partial charge in [0.05, 0.1) is 30.5 Å². The van der Waals surface area contributed by atoms with E-state index in [1.54, 1.807) is 55.8 Å². The van der Waals surface area contributed by atoms with Gasteiger partial charge in [-0.2, -0.15) is 0 Å². The maximum Gasteiger partial charge on any atom is 0.264 e. The summed E-state index contributed by atoms with van der Waals surface area (Å²) in [6.45, 7) is 0. The first-order valence-corrected chi connectivity index (χ1v) is 11.8. The summed E-state index contributed by atoms with van der Waals surface area (Å²) in [5.74, 6) is 0.658. The molecule has 0 saturated heterocycles. The molecule has 9 heteroatoms. The lowest BCUT2D eigenvalue weighted by Gasteiger charge is -2.21. The Morgan fingerprint density at radius 1 is 0.882 bits per heavy atom. The lowest BCUT2D eigenvalue weighted by Crippen LogP contribution is -2.27. The van der Waals surface area contributed by atoms with Crippen molar-refractivity contribution in [2.45, 2.75) is 4.90 Å². The van der Waals surface area contributed by atoms with Crippen LogP contribution in [0.25, 0.3) is 10.9 Å². The van der Waals surface area contributed by atoms with Gasteiger partial charge >= 0.3 is 0 Å². The second-order valence-corrected chi connectivity index (χ2v) is 9.31. The van der Waals surface area contributed by atoms with Crippen LogP contribution in [0.5, 0.6) is 11.5 Å². The monoisotopic (exact) mass is 477 g/mol. The molecule has 0 bridgehead atoms. The predicted molar refractivity (Wildman–Crippen MR) is 131 cm³/mol. The number of rotatable bonds is 7. The van der Waals surface area contributed by atoms with Crippen LogP contribution in [0.2, 0.25) is 0 Å². The van der Waals surface area contributed by atoms with Crippen molar-refractivity contribution >= 4 is 38.2 Å². The van der Waals surface area contributed by atoms with Gasteiger partial charge < -0.3 is 14.8 Å². The average molecular weight is 478 g/mol. The zero-order valence-corrected chi connectivity index (χ0v) is 19.7. The molecule has 1 heterocycles. The number of pyridine rings is 1. The van der Waals surface area contributed by atoms with E-state index < -0.39 is 10.0 Å². The molecule has 3 aromatic carbocycles. The number of aromatic nitrogens is 1. The Labute approximate surface area is 197 Å². The first-order valence-electron chi connectivity index (χ1n) is 10.3. The molecule has 0 aliphatic rings. The number of carbonyl (C=O) groups excluding carboxylic acids is 1. The minimum absolute atomic E-state index is 0.0524. The predicted octanol–water partition coefficient (Wildman–Crippen LogP) is 4.33. The molecule has 1 amide bonds. The average Bonchev–Trinajstić information content (AvgIpc) is 2.88. The third-order valence-corrected chi connectivity index (χ3v) is 7.19. The topological polar surface area (TPSA) is 97.8 Å². The smallest absolute Gasteiger partial charge is 0.264 e. The van der Waals surface area contributed by atoms with E-state index >= 15 is 0 Å². The number of para-hydroxylation sites is 2. The molecular weight excluding hydrogens is 454 g/mol. The molecule has 0 unspecified atom stereocenters. The highest BCUT2D eigenvalue weighted by molar-refractivity contribution is 7.92. The number of benzene rings is 3. The molecule has 0 radical (unpaired) electrons. The number of amides is 1. The van der Waals surface area contributed by atoms with Gasteiger partial charge in [0.15, 0.2) is 0 Å². The number of methoxy groups -OCH3 is 2. The summed E-state index contributed by atoms with van der Waals surface area (Å²) in [5.41, 5.74) is 1.92. The van der Waals surface area contributed by atoms with E-state index in [4.69, 9.17) is 9.47 Å². The highest BCUT2D eigenvalue weighted by atomic mass is 32.2. The molecule has 0 aliphatic heterocycles. The van der Waals surface area contributed by atoms with Crippen molar-refractivity contribution < 1.29 is 22.7 Å². The van der Waals surface area contributed by atoms with Crippen LogP contribution >= 0.6 is 0 Å². The van der Waals surface area contributed by atoms with Crippen LogP contribution < -0.4 is 19.1 Å². The van der Waals surface area contributed by atoms with Crippen LogP contribution in [0, 0.1) is 0 Å². The Morgan fingerprint density at radius 3 is 2.29 bits per heavy atom. The number of ether oxygens (including phenoxy) is 2. The molecule has 4 aromatic rings. The molecule has 1 aromatic heterocycles. The summed E-state index contributed by atoms with van der Waals surface area (Å²) >= 11 is 0. The molecule has 0 spiro atoms. The van der Waals surface area contributed by atoms with E-state index in [9.17, 15) is 13.2 Å². The summed E-state index contributed by atoms with van der Waals surface area (Å²) in [7, 11) is 0.631. The number of nitrogens with zero attached hydrogens (tertiary/aromatic N) is 2. The highest BCUT2D eigenvalue weighted by Gasteiger charge is 2.24. The van der Waals surface area contributed by atoms with Crippen molar-refractivity contribution in [2.75, 3.05) is 30.9 Å². The minimum atomic E-state index is -3.86. The van der Waals surface area contributed by atoms with Crippen molar-refractivity contribution in [3.05, 3.63) is 84.6 Å². The molecular formula is C25H23N3O5S. The Hall–Kier alpha value is -4.11. The van der Waals surface area contributed by atoms with Crippen LogP contribution in [-0.4, -0.2) is 40.6 Å². The molecule has 0 atom stereocenters. The number of fused-ring (bicyclic) bond motifs is 1. The molecule has 1 N–H and O–H groups in total. The molecule has 8 nitrogen and oxygen atoms in total. The van der Waals surface area contributed by atoms with Crippen molar-refractivity contribution in [1.82, 2.24) is 4.98 Å². The molecule has 0 saturated carbocycles. The fraction of sp³-hybridized carbons (Fsp3) is 0.120. The molecule has 174 valence electrons. The van der Waals surface area contributed by atoms with Crippen LogP contribution in [0.15, 0.2) is 83.9 Å². The first kappa shape index (κ1) is 23.1. The Morgan fingerprint density at radius 2 is 1.59 bits per heavy atom. The van der Waals surface area contributed by atoms with E-state index in [0.29, 0.717) is 34.0 Å². The summed E-state index contributed by atoms with van der Waals surface area (Å²) in [6.07, 6.45) is 1.65. The van der Waals surface area contributed by atoms with Gasteiger partial charge in [-0.3, -0.25) is 14.1 Å². The maximum atomic E-state index is 13.1. The van der Waals surface area contributed by atoms with Crippen molar-refractivity contribution in [1.29, 1.82) is 0 Å². The van der Waals surface area contributed by atoms with Gasteiger partial charge in [0.1, 0.15) is 17.0 Å². The maximum absolute atomic E-state index is 13.1. The van der Waals surface area contributed by atoms with Crippen LogP contribution in [0.1, 0.15) is 10.4 Å². The lowest BCUT2D eigenvalue weighted by atomic mass is 10.1. The zero-order chi connectivity index (χ0) is 24.3. The Balaban J connectivity index is 1.58. The quantitative estimate of drug-likeness (QED) is 0.426. The fourth-order valence-corrected chi connectivity index (χ4v) is 4.78. The molecule has 4 rings (SSSR count). The zero-order valence-electron chi connectivity index (χ0n) is 18.8. The van der Waals surface area contributed by atoms with E-state index in [0.717, 1.165) is 9.69 Å². The highest BCUT2D eigenvalue weighted by Crippen LogP contribution is 2.32. The summed E-state index contributed by atoms with van der Waals surface area (Å²) in [5, 5.41) is 3.59. The summed E-state index contributed by atoms with van der Waals surface area (Å²) in [6, 6.07) is 19.7. The standard InChI is InChI=1S/C25H23N3O5S/c1-28(21-8-4-5-9-22(21)32-2)34(30,31)18-12-10-17(11-13-18)25(29)27-20-14-15-23(33-3)24-19(20)7-6-16-26-24/h4-16H,1-3H3,(H,27,29). The van der Waals surface area contributed by atoms with Crippen molar-refractivity contribution in [3.63, 3.8) is 0 Å². The van der Waals surface area contributed by atoms with Gasteiger partial charge in [-0.25, -0.2) is 8.42 Å². The number of anilines is 2. The summed E-state index contributed by atoms with van der Waals surface area (Å²) in [4.78, 5) is 17.3. The van der Waals surface area contributed by atoms with E-state index in [-0.39, 0.29) is 10.8 Å². The Kier molecular flexibility index (Phi) is 6.38. The first-order chi connectivity index (χ1) is 16.4. The largest absolute Gasteiger partial charge is 0.495 e. The van der Waals surface area contributed by atoms with Gasteiger partial charge in [-0.15, -0.1) is 0 Å². The van der Waals surface area contributed by atoms with Gasteiger partial charge in [-0.1, -0.05) is 12.1 Å². The Bertz CT molecular complexity index is 1450. The SMILES string of the molecule is COc1ccccc1N(C)S(=O)(=O)c1ccc(C(=O)Nc2ccc(OC)c3ncccc23)cc1. The lowest BCUT2D eigenvalue weighted by molar-refractivity contribution is 0.102. The second kappa shape index (κ2) is 9.40. The molecule has 0 fully saturated rings. The third kappa shape index (κ3) is 4.25. The molecule has 0 aliphatic carbocycles. The van der Waals surface area contributed by atoms with E-state index in [2.05, 4.69) is 10.3 Å². The van der Waals surface area contributed by atoms with Crippen molar-refractivity contribution in [3.8, 4) is 11.5 Å². The number of hydrogen-bond acceptors (Lipinski definition) is 6. The third-order valence-electron chi connectivity index (χ3n) is 5.40. The number of carbonyl (C=O) groups is 1. The fourth-order valence-electron chi connectivity index (χ4n) is 3.57. The van der Waals surface area contributed by atoms with Crippen LogP contribution in [0.4, 0.5) is 11.4 Å². The van der Waals surface area contributed by atoms with Gasteiger partial charge in [-0.05, 0) is 60.7 Å². The van der Waals surface area contributed by atoms with E-state index in [1.165, 1.54) is 38.4 Å². The second-order valence-electron chi connectivity index (χ2n) is 7.34. The number of nitrogens with one attached hydrogen (secondary N) is 1. The normalized spacial score (nSPS) is 11.1. The van der Waals surface area contributed by atoms with Crippen molar-refractivity contribution in [2.24, 2.45) is 0 Å². The van der Waals surface area contributed by atoms with Gasteiger partial charge in [0.2, 0.25) is 0 Å². The van der Waals surface area contributed by atoms with Gasteiger partial charge in [0.25, 0.3) is 15.9 Å². The molecule has 34 heavy (non-hydrogen) atoms. The number of hydrogen-bond donors (Lipinski definition) is 1.